The molecule has 6 nitrogen and oxygen atoms in total. The molecule has 2 atom stereocenters. The van der Waals surface area contributed by atoms with Crippen molar-refractivity contribution in [3.63, 3.8) is 0 Å². The Morgan fingerprint density at radius 1 is 1.48 bits per heavy atom. The van der Waals surface area contributed by atoms with E-state index in [1.165, 1.54) is 0 Å². The molecule has 0 radical (unpaired) electrons. The standard InChI is InChI=1S/C20H27N3O3S/c1-5-12(3)11-23-8-7-14(19(23)27)15-10-16(20(24)25-6-2)21-18(15)17-9-13(4)22-26-17/h9-10,12,14,21H,5-8,11H2,1-4H3. The summed E-state index contributed by atoms with van der Waals surface area (Å²) in [6.45, 7) is 10.3. The molecule has 146 valence electrons. The van der Waals surface area contributed by atoms with Crippen LogP contribution in [0, 0.1) is 12.8 Å². The second-order valence-electron chi connectivity index (χ2n) is 7.21. The van der Waals surface area contributed by atoms with Gasteiger partial charge in [0.2, 0.25) is 0 Å². The van der Waals surface area contributed by atoms with Gasteiger partial charge in [0, 0.05) is 25.1 Å². The first-order valence-electron chi connectivity index (χ1n) is 9.57. The molecule has 1 saturated heterocycles. The highest BCUT2D eigenvalue weighted by atomic mass is 32.1. The van der Waals surface area contributed by atoms with Gasteiger partial charge in [0.25, 0.3) is 0 Å². The van der Waals surface area contributed by atoms with Crippen LogP contribution in [0.3, 0.4) is 0 Å². The van der Waals surface area contributed by atoms with Crippen molar-refractivity contribution in [2.24, 2.45) is 5.92 Å². The lowest BCUT2D eigenvalue weighted by molar-refractivity contribution is 0.0520. The number of hydrogen-bond donors (Lipinski definition) is 1. The van der Waals surface area contributed by atoms with Gasteiger partial charge in [-0.1, -0.05) is 37.6 Å². The first-order chi connectivity index (χ1) is 12.9. The van der Waals surface area contributed by atoms with Crippen molar-refractivity contribution in [3.05, 3.63) is 29.1 Å². The second-order valence-corrected chi connectivity index (χ2v) is 7.62. The molecule has 1 N–H and O–H groups in total. The Hall–Kier alpha value is -2.15. The van der Waals surface area contributed by atoms with Gasteiger partial charge < -0.3 is 19.1 Å². The van der Waals surface area contributed by atoms with Crippen LogP contribution in [0.5, 0.6) is 0 Å². The predicted molar refractivity (Wildman–Crippen MR) is 108 cm³/mol. The Bertz CT molecular complexity index is 826. The van der Waals surface area contributed by atoms with Crippen LogP contribution in [0.4, 0.5) is 0 Å². The van der Waals surface area contributed by atoms with Crippen molar-refractivity contribution in [2.45, 2.75) is 46.5 Å². The molecule has 7 heteroatoms. The maximum atomic E-state index is 12.2. The summed E-state index contributed by atoms with van der Waals surface area (Å²) in [5.41, 5.74) is 2.94. The van der Waals surface area contributed by atoms with Gasteiger partial charge in [-0.05, 0) is 37.8 Å². The summed E-state index contributed by atoms with van der Waals surface area (Å²) < 4.78 is 10.6. The number of aromatic nitrogens is 2. The Kier molecular flexibility index (Phi) is 5.99. The van der Waals surface area contributed by atoms with Gasteiger partial charge in [0.05, 0.1) is 23.0 Å². The van der Waals surface area contributed by atoms with E-state index in [-0.39, 0.29) is 11.9 Å². The Labute approximate surface area is 165 Å². The van der Waals surface area contributed by atoms with E-state index in [1.807, 2.05) is 19.1 Å². The molecule has 1 aliphatic rings. The van der Waals surface area contributed by atoms with Gasteiger partial charge >= 0.3 is 5.97 Å². The number of likely N-dealkylation sites (tertiary alicyclic amines) is 1. The van der Waals surface area contributed by atoms with Crippen molar-refractivity contribution in [2.75, 3.05) is 19.7 Å². The summed E-state index contributed by atoms with van der Waals surface area (Å²) in [6, 6.07) is 3.72. The van der Waals surface area contributed by atoms with Gasteiger partial charge in [0.15, 0.2) is 5.76 Å². The van der Waals surface area contributed by atoms with E-state index in [2.05, 4.69) is 28.9 Å². The first-order valence-corrected chi connectivity index (χ1v) is 9.97. The summed E-state index contributed by atoms with van der Waals surface area (Å²) in [5.74, 6) is 0.908. The highest BCUT2D eigenvalue weighted by Crippen LogP contribution is 2.37. The molecule has 27 heavy (non-hydrogen) atoms. The highest BCUT2D eigenvalue weighted by molar-refractivity contribution is 7.80. The molecule has 2 unspecified atom stereocenters. The number of nitrogens with zero attached hydrogens (tertiary/aromatic N) is 2. The molecule has 0 aliphatic carbocycles. The summed E-state index contributed by atoms with van der Waals surface area (Å²) in [5, 5.41) is 3.98. The summed E-state index contributed by atoms with van der Waals surface area (Å²) in [6.07, 6.45) is 2.05. The minimum absolute atomic E-state index is 0.0730. The quantitative estimate of drug-likeness (QED) is 0.562. The SMILES string of the molecule is CCOC(=O)c1cc(C2CCN(CC(C)CC)C2=S)c(-c2cc(C)no2)[nH]1. The lowest BCUT2D eigenvalue weighted by Gasteiger charge is -2.23. The molecule has 2 aromatic heterocycles. The summed E-state index contributed by atoms with van der Waals surface area (Å²) in [4.78, 5) is 18.6. The van der Waals surface area contributed by atoms with Crippen molar-refractivity contribution < 1.29 is 14.1 Å². The van der Waals surface area contributed by atoms with E-state index in [0.29, 0.717) is 24.0 Å². The number of esters is 1. The zero-order valence-corrected chi connectivity index (χ0v) is 17.2. The van der Waals surface area contributed by atoms with Crippen LogP contribution >= 0.6 is 12.2 Å². The first kappa shape index (κ1) is 19.6. The smallest absolute Gasteiger partial charge is 0.354 e. The molecule has 0 saturated carbocycles. The third-order valence-electron chi connectivity index (χ3n) is 5.12. The highest BCUT2D eigenvalue weighted by Gasteiger charge is 2.34. The molecule has 3 heterocycles. The topological polar surface area (TPSA) is 71.4 Å². The van der Waals surface area contributed by atoms with Gasteiger partial charge in [-0.2, -0.15) is 0 Å². The molecule has 3 rings (SSSR count). The zero-order valence-electron chi connectivity index (χ0n) is 16.4. The van der Waals surface area contributed by atoms with E-state index in [4.69, 9.17) is 21.5 Å². The molecule has 2 aromatic rings. The van der Waals surface area contributed by atoms with Gasteiger partial charge in [-0.3, -0.25) is 0 Å². The molecule has 0 spiro atoms. The number of aryl methyl sites for hydroxylation is 1. The Morgan fingerprint density at radius 2 is 2.26 bits per heavy atom. The molecule has 0 bridgehead atoms. The van der Waals surface area contributed by atoms with E-state index in [0.717, 1.165) is 47.9 Å². The monoisotopic (exact) mass is 389 g/mol. The van der Waals surface area contributed by atoms with Crippen molar-refractivity contribution >= 4 is 23.2 Å². The third kappa shape index (κ3) is 4.08. The van der Waals surface area contributed by atoms with Crippen LogP contribution in [0.1, 0.15) is 61.3 Å². The lowest BCUT2D eigenvalue weighted by Crippen LogP contribution is -2.29. The fourth-order valence-electron chi connectivity index (χ4n) is 3.46. The largest absolute Gasteiger partial charge is 0.461 e. The van der Waals surface area contributed by atoms with Gasteiger partial charge in [-0.25, -0.2) is 4.79 Å². The fourth-order valence-corrected chi connectivity index (χ4v) is 3.87. The predicted octanol–water partition coefficient (Wildman–Crippen LogP) is 4.32. The van der Waals surface area contributed by atoms with Crippen LogP contribution in [-0.4, -0.2) is 45.7 Å². The number of carbonyl (C=O) groups excluding carboxylic acids is 1. The maximum Gasteiger partial charge on any atom is 0.354 e. The van der Waals surface area contributed by atoms with Crippen LogP contribution in [0.15, 0.2) is 16.7 Å². The second kappa shape index (κ2) is 8.25. The van der Waals surface area contributed by atoms with Crippen LogP contribution < -0.4 is 0 Å². The molecular formula is C20H27N3O3S. The molecule has 1 aliphatic heterocycles. The van der Waals surface area contributed by atoms with Crippen molar-refractivity contribution in [3.8, 4) is 11.5 Å². The minimum Gasteiger partial charge on any atom is -0.461 e. The third-order valence-corrected chi connectivity index (χ3v) is 5.66. The Morgan fingerprint density at radius 3 is 2.89 bits per heavy atom. The normalized spacial score (nSPS) is 18.1. The van der Waals surface area contributed by atoms with Crippen molar-refractivity contribution in [1.29, 1.82) is 0 Å². The molecule has 0 amide bonds. The molecule has 0 aromatic carbocycles. The summed E-state index contributed by atoms with van der Waals surface area (Å²) >= 11 is 5.80. The zero-order chi connectivity index (χ0) is 19.6. The van der Waals surface area contributed by atoms with E-state index >= 15 is 0 Å². The number of rotatable bonds is 7. The van der Waals surface area contributed by atoms with E-state index < -0.39 is 0 Å². The lowest BCUT2D eigenvalue weighted by atomic mass is 9.97. The summed E-state index contributed by atoms with van der Waals surface area (Å²) in [7, 11) is 0. The fraction of sp³-hybridized carbons (Fsp3) is 0.550. The van der Waals surface area contributed by atoms with Crippen LogP contribution in [-0.2, 0) is 4.74 Å². The maximum absolute atomic E-state index is 12.2. The number of hydrogen-bond acceptors (Lipinski definition) is 5. The average Bonchev–Trinajstić information content (AvgIpc) is 3.34. The number of thiocarbonyl (C=S) groups is 1. The number of carbonyl (C=O) groups is 1. The van der Waals surface area contributed by atoms with Gasteiger partial charge in [-0.15, -0.1) is 0 Å². The van der Waals surface area contributed by atoms with E-state index in [1.54, 1.807) is 6.92 Å². The number of ether oxygens (including phenoxy) is 1. The van der Waals surface area contributed by atoms with Crippen LogP contribution in [0.2, 0.25) is 0 Å². The number of H-pyrrole nitrogens is 1. The molecular weight excluding hydrogens is 362 g/mol. The number of aromatic amines is 1. The van der Waals surface area contributed by atoms with Gasteiger partial charge in [0.1, 0.15) is 5.69 Å². The van der Waals surface area contributed by atoms with Crippen molar-refractivity contribution in [1.82, 2.24) is 15.0 Å². The average molecular weight is 390 g/mol. The number of nitrogens with one attached hydrogen (secondary N) is 1. The van der Waals surface area contributed by atoms with Crippen LogP contribution in [0.25, 0.3) is 11.5 Å². The Balaban J connectivity index is 1.94. The van der Waals surface area contributed by atoms with E-state index in [9.17, 15) is 4.79 Å². The minimum atomic E-state index is -0.374. The molecule has 1 fully saturated rings.